The Morgan fingerprint density at radius 3 is 1.91 bits per heavy atom. The standard InChI is InChI=1S/C25H34N8O.C25H40N8.C22H33N7O2/c1-5-18-16-27-33-23(18)30-24(29-19-10-12-21(13-11-19)32(3)4)31-25(33)26-15-17-8-7-9-20(14-17)28-22(34)6-2;1-6-17(3)13-18-9-8-10-20(14-18)28-25-31-24(30-23-19(7-2)15-27-33(23)25)29-22-12-11-21(16-26-22)32(4)5;1-3-16-14-23-29-20(16)25-21(28-12-6-5-9-18(28)10-13-30)26-22(29)24-17-8-7-11-27(15-17)19(31)4-2/h6-9,14,16,19,21H,2,5,10-13,15H2,1,3-4H3,(H,28,34)(H2,26,29,30,31);6,15,18,20-22,26H,1,3,7-14,16H2,2,4-5H3,(H2,28,29,30,31);4,14,17-18,30H,2-3,5-13,15H2,1H3,(H,24,25,26)/t;18?,20?,21-,22-;17?,18-/m.00/s1. The number of aliphatic hydroxyl groups excluding tert-OH is 1. The lowest BCUT2D eigenvalue weighted by Gasteiger charge is -2.36. The molecule has 98 heavy (non-hydrogen) atoms. The number of aliphatic hydroxyl groups is 1. The number of carbonyl (C=O) groups is 2. The van der Waals surface area contributed by atoms with E-state index in [1.807, 2.05) is 58.3 Å². The quantitative estimate of drug-likeness (QED) is 0.0195. The molecule has 8 N–H and O–H groups in total. The molecule has 5 fully saturated rings. The molecular formula is C72H107N23O3. The van der Waals surface area contributed by atoms with Crippen molar-refractivity contribution < 1.29 is 14.7 Å². The van der Waals surface area contributed by atoms with Gasteiger partial charge in [0.1, 0.15) is 0 Å². The summed E-state index contributed by atoms with van der Waals surface area (Å²) in [6.07, 6.45) is 31.3. The summed E-state index contributed by atoms with van der Waals surface area (Å²) in [6.45, 7) is 25.4. The molecule has 6 aromatic heterocycles. The minimum atomic E-state index is -0.235. The Balaban J connectivity index is 0.000000159. The van der Waals surface area contributed by atoms with Gasteiger partial charge >= 0.3 is 0 Å². The molecule has 0 radical (unpaired) electrons. The number of aromatic nitrogens is 12. The van der Waals surface area contributed by atoms with Crippen molar-refractivity contribution in [2.24, 2.45) is 5.92 Å². The molecule has 0 bridgehead atoms. The summed E-state index contributed by atoms with van der Waals surface area (Å²) in [6, 6.07) is 9.97. The van der Waals surface area contributed by atoms with Crippen LogP contribution in [0.15, 0.2) is 93.0 Å². The molecule has 12 rings (SSSR count). The van der Waals surface area contributed by atoms with Gasteiger partial charge in [0.05, 0.1) is 24.8 Å². The number of hydrogen-bond acceptors (Lipinski definition) is 21. The second-order valence-electron chi connectivity index (χ2n) is 27.3. The SMILES string of the molecule is C=CC(=C)CC1CCCC(Nc2nc(N[C@H]3CC[C@H](N(C)C)CN3)nc3c(CC)cnn23)C1.C=CC(=O)N1CCCC(Nc2nc(N3CCCC[C@H]3CCO)nc3c(CC)cnn23)C1.C=CC(=O)Nc1cccc(CNc2nc(NC3CCC(N(C)C)CC3)nc3c(CC)cnn23)c1. The van der Waals surface area contributed by atoms with Crippen LogP contribution in [0.3, 0.4) is 0 Å². The Kier molecular flexibility index (Phi) is 25.6. The van der Waals surface area contributed by atoms with Crippen molar-refractivity contribution in [1.82, 2.24) is 78.8 Å². The highest BCUT2D eigenvalue weighted by atomic mass is 16.3. The van der Waals surface area contributed by atoms with Crippen LogP contribution in [0.4, 0.5) is 41.4 Å². The highest BCUT2D eigenvalue weighted by Crippen LogP contribution is 2.33. The lowest BCUT2D eigenvalue weighted by atomic mass is 9.82. The molecule has 1 aromatic carbocycles. The van der Waals surface area contributed by atoms with Gasteiger partial charge in [-0.2, -0.15) is 58.7 Å². The van der Waals surface area contributed by atoms with Gasteiger partial charge in [-0.3, -0.25) is 14.9 Å². The molecule has 9 heterocycles. The topological polar surface area (TPSA) is 281 Å². The van der Waals surface area contributed by atoms with Crippen LogP contribution < -0.4 is 42.1 Å². The first kappa shape index (κ1) is 72.2. The van der Waals surface area contributed by atoms with Crippen LogP contribution in [0.2, 0.25) is 0 Å². The maximum absolute atomic E-state index is 12.1. The second kappa shape index (κ2) is 34.8. The monoisotopic (exact) mass is 1340 g/mol. The molecule has 26 nitrogen and oxygen atoms in total. The molecule has 3 saturated heterocycles. The van der Waals surface area contributed by atoms with Crippen molar-refractivity contribution in [3.8, 4) is 0 Å². The lowest BCUT2D eigenvalue weighted by Crippen LogP contribution is -2.50. The van der Waals surface area contributed by atoms with Crippen molar-refractivity contribution in [3.05, 3.63) is 115 Å². The number of amides is 2. The van der Waals surface area contributed by atoms with Gasteiger partial charge < -0.3 is 56.6 Å². The number of likely N-dealkylation sites (tertiary alicyclic amines) is 1. The molecule has 6 atom stereocenters. The smallest absolute Gasteiger partial charge is 0.247 e. The first-order chi connectivity index (χ1) is 47.6. The van der Waals surface area contributed by atoms with Crippen LogP contribution in [-0.2, 0) is 35.4 Å². The molecular weight excluding hydrogens is 1230 g/mol. The van der Waals surface area contributed by atoms with Crippen molar-refractivity contribution >= 4 is 70.1 Å². The third-order valence-corrected chi connectivity index (χ3v) is 20.0. The lowest BCUT2D eigenvalue weighted by molar-refractivity contribution is -0.127. The average Bonchev–Trinajstić information content (AvgIpc) is 1.56. The molecule has 528 valence electrons. The van der Waals surface area contributed by atoms with Gasteiger partial charge in [-0.15, -0.1) is 0 Å². The third kappa shape index (κ3) is 18.6. The zero-order chi connectivity index (χ0) is 69.2. The molecule has 0 spiro atoms. The number of piperidine rings is 3. The third-order valence-electron chi connectivity index (χ3n) is 20.0. The Morgan fingerprint density at radius 2 is 1.28 bits per heavy atom. The molecule has 2 amide bonds. The van der Waals surface area contributed by atoms with Crippen LogP contribution in [0.25, 0.3) is 16.9 Å². The zero-order valence-electron chi connectivity index (χ0n) is 59.0. The summed E-state index contributed by atoms with van der Waals surface area (Å²) < 4.78 is 5.41. The van der Waals surface area contributed by atoms with E-state index in [0.29, 0.717) is 72.9 Å². The molecule has 26 heteroatoms. The van der Waals surface area contributed by atoms with Gasteiger partial charge in [-0.25, -0.2) is 0 Å². The summed E-state index contributed by atoms with van der Waals surface area (Å²) in [4.78, 5) is 61.4. The number of allylic oxidation sites excluding steroid dienone is 2. The molecule has 2 aliphatic carbocycles. The van der Waals surface area contributed by atoms with E-state index < -0.39 is 0 Å². The van der Waals surface area contributed by atoms with Crippen LogP contribution in [0.5, 0.6) is 0 Å². The number of carbonyl (C=O) groups excluding carboxylic acids is 2. The van der Waals surface area contributed by atoms with E-state index in [4.69, 9.17) is 29.9 Å². The largest absolute Gasteiger partial charge is 0.396 e. The van der Waals surface area contributed by atoms with E-state index >= 15 is 0 Å². The van der Waals surface area contributed by atoms with Gasteiger partial charge in [0.15, 0.2) is 16.9 Å². The van der Waals surface area contributed by atoms with E-state index in [0.717, 1.165) is 179 Å². The maximum atomic E-state index is 12.1. The minimum Gasteiger partial charge on any atom is -0.396 e. The van der Waals surface area contributed by atoms with Gasteiger partial charge in [0.2, 0.25) is 47.5 Å². The number of anilines is 7. The van der Waals surface area contributed by atoms with Crippen molar-refractivity contribution in [2.75, 3.05) is 97.8 Å². The fraction of sp³-hybridized carbons (Fsp3) is 0.569. The van der Waals surface area contributed by atoms with Crippen molar-refractivity contribution in [1.29, 1.82) is 0 Å². The fourth-order valence-corrected chi connectivity index (χ4v) is 14.2. The normalized spacial score (nSPS) is 21.9. The van der Waals surface area contributed by atoms with Crippen LogP contribution in [-0.4, -0.2) is 194 Å². The highest BCUT2D eigenvalue weighted by Gasteiger charge is 2.31. The molecule has 2 saturated carbocycles. The number of likely N-dealkylation sites (N-methyl/N-ethyl adjacent to an activating group) is 1. The number of nitrogens with one attached hydrogen (secondary N) is 7. The Bertz CT molecular complexity index is 3800. The van der Waals surface area contributed by atoms with Gasteiger partial charge in [-0.05, 0) is 186 Å². The summed E-state index contributed by atoms with van der Waals surface area (Å²) in [5.41, 5.74) is 8.67. The van der Waals surface area contributed by atoms with E-state index in [1.165, 1.54) is 37.8 Å². The molecule has 3 aliphatic heterocycles. The number of benzene rings is 1. The first-order valence-electron chi connectivity index (χ1n) is 35.8. The molecule has 5 aliphatic rings. The summed E-state index contributed by atoms with van der Waals surface area (Å²) >= 11 is 0. The number of nitrogens with zero attached hydrogens (tertiary/aromatic N) is 16. The van der Waals surface area contributed by atoms with E-state index in [2.05, 4.69) is 142 Å². The van der Waals surface area contributed by atoms with E-state index in [1.54, 1.807) is 9.03 Å². The second-order valence-corrected chi connectivity index (χ2v) is 27.3. The zero-order valence-corrected chi connectivity index (χ0v) is 59.0. The first-order valence-corrected chi connectivity index (χ1v) is 35.8. The van der Waals surface area contributed by atoms with Crippen molar-refractivity contribution in [2.45, 2.75) is 198 Å². The predicted molar refractivity (Wildman–Crippen MR) is 392 cm³/mol. The molecule has 3 unspecified atom stereocenters. The molecule has 7 aromatic rings. The number of rotatable bonds is 25. The summed E-state index contributed by atoms with van der Waals surface area (Å²) in [5, 5.41) is 47.4. The number of hydrogen-bond donors (Lipinski definition) is 8. The predicted octanol–water partition coefficient (Wildman–Crippen LogP) is 9.57. The minimum absolute atomic E-state index is 0.0347. The summed E-state index contributed by atoms with van der Waals surface area (Å²) in [5.74, 6) is 4.42. The van der Waals surface area contributed by atoms with Crippen LogP contribution in [0, 0.1) is 5.92 Å². The number of fused-ring (bicyclic) bond motifs is 3. The van der Waals surface area contributed by atoms with Crippen LogP contribution >= 0.6 is 0 Å². The van der Waals surface area contributed by atoms with Gasteiger partial charge in [0.25, 0.3) is 0 Å². The average molecular weight is 1340 g/mol. The Morgan fingerprint density at radius 1 is 0.643 bits per heavy atom. The van der Waals surface area contributed by atoms with Gasteiger partial charge in [-0.1, -0.05) is 77.3 Å². The Labute approximate surface area is 578 Å². The van der Waals surface area contributed by atoms with Gasteiger partial charge in [0, 0.05) is 98.0 Å². The van der Waals surface area contributed by atoms with E-state index in [-0.39, 0.29) is 36.7 Å². The number of aryl methyl sites for hydroxylation is 3. The Hall–Kier alpha value is -8.59. The van der Waals surface area contributed by atoms with E-state index in [9.17, 15) is 14.7 Å². The van der Waals surface area contributed by atoms with Crippen LogP contribution in [0.1, 0.15) is 152 Å². The maximum Gasteiger partial charge on any atom is 0.247 e. The fourth-order valence-electron chi connectivity index (χ4n) is 14.2. The van der Waals surface area contributed by atoms with Crippen molar-refractivity contribution in [3.63, 3.8) is 0 Å². The summed E-state index contributed by atoms with van der Waals surface area (Å²) in [7, 11) is 8.60. The highest BCUT2D eigenvalue weighted by molar-refractivity contribution is 5.98.